The fourth-order valence-corrected chi connectivity index (χ4v) is 5.28. The lowest BCUT2D eigenvalue weighted by Gasteiger charge is -2.08. The number of nitrogens with zero attached hydrogens (tertiary/aromatic N) is 1. The Balaban J connectivity index is 1.50. The Morgan fingerprint density at radius 1 is 0.515 bits per heavy atom. The average molecular weight is 488 g/mol. The molecule has 7 rings (SSSR count). The predicted octanol–water partition coefficient (Wildman–Crippen LogP) is 9.11. The van der Waals surface area contributed by atoms with E-state index in [1.54, 1.807) is 0 Å². The van der Waals surface area contributed by atoms with Gasteiger partial charge in [0, 0.05) is 37.8 Å². The van der Waals surface area contributed by atoms with Gasteiger partial charge in [-0.05, 0) is 59.7 Å². The Hall–Kier alpha value is -3.82. The van der Waals surface area contributed by atoms with E-state index in [4.69, 9.17) is 4.42 Å². The molecule has 0 radical (unpaired) electrons. The van der Waals surface area contributed by atoms with Crippen molar-refractivity contribution in [2.75, 3.05) is 0 Å². The molecule has 0 aliphatic heterocycles. The van der Waals surface area contributed by atoms with Crippen LogP contribution in [-0.2, 0) is 0 Å². The molecule has 0 fully saturated rings. The van der Waals surface area contributed by atoms with Gasteiger partial charge in [-0.15, -0.1) is 0 Å². The number of benzene rings is 5. The molecule has 0 aliphatic carbocycles. The van der Waals surface area contributed by atoms with Gasteiger partial charge in [0.05, 0.1) is 11.0 Å². The average Bonchev–Trinajstić information content (AvgIpc) is 3.38. The van der Waals surface area contributed by atoms with Gasteiger partial charge in [0.15, 0.2) is 0 Å². The van der Waals surface area contributed by atoms with Crippen LogP contribution in [0.5, 0.6) is 0 Å². The molecule has 0 amide bonds. The van der Waals surface area contributed by atoms with E-state index >= 15 is 0 Å². The highest BCUT2D eigenvalue weighted by Crippen LogP contribution is 2.37. The largest absolute Gasteiger partial charge is 0.456 e. The highest BCUT2D eigenvalue weighted by Gasteiger charge is 2.15. The first-order valence-electron chi connectivity index (χ1n) is 11.0. The van der Waals surface area contributed by atoms with Gasteiger partial charge in [-0.1, -0.05) is 70.5 Å². The molecule has 2 aromatic heterocycles. The van der Waals surface area contributed by atoms with Gasteiger partial charge in [-0.25, -0.2) is 0 Å². The minimum absolute atomic E-state index is 0.895. The van der Waals surface area contributed by atoms with Crippen molar-refractivity contribution in [1.29, 1.82) is 0 Å². The summed E-state index contributed by atoms with van der Waals surface area (Å²) >= 11 is 3.55. The minimum atomic E-state index is 0.895. The molecule has 156 valence electrons. The maximum Gasteiger partial charge on any atom is 0.137 e. The van der Waals surface area contributed by atoms with Gasteiger partial charge < -0.3 is 8.98 Å². The summed E-state index contributed by atoms with van der Waals surface area (Å²) in [5.74, 6) is 0. The highest BCUT2D eigenvalue weighted by atomic mass is 79.9. The molecular weight excluding hydrogens is 470 g/mol. The number of furan rings is 1. The van der Waals surface area contributed by atoms with Gasteiger partial charge in [-0.3, -0.25) is 0 Å². The van der Waals surface area contributed by atoms with Crippen LogP contribution in [0.4, 0.5) is 0 Å². The molecule has 33 heavy (non-hydrogen) atoms. The van der Waals surface area contributed by atoms with Gasteiger partial charge in [0.2, 0.25) is 0 Å². The topological polar surface area (TPSA) is 18.1 Å². The van der Waals surface area contributed by atoms with Crippen LogP contribution >= 0.6 is 15.9 Å². The van der Waals surface area contributed by atoms with Crippen LogP contribution in [0.1, 0.15) is 0 Å². The predicted molar refractivity (Wildman–Crippen MR) is 141 cm³/mol. The lowest BCUT2D eigenvalue weighted by molar-refractivity contribution is 0.668. The van der Waals surface area contributed by atoms with Crippen molar-refractivity contribution < 1.29 is 4.42 Å². The molecule has 2 heterocycles. The second-order valence-corrected chi connectivity index (χ2v) is 9.29. The molecule has 0 saturated heterocycles. The second kappa shape index (κ2) is 7.09. The lowest BCUT2D eigenvalue weighted by Crippen LogP contribution is -1.93. The Morgan fingerprint density at radius 3 is 2.12 bits per heavy atom. The third-order valence-electron chi connectivity index (χ3n) is 6.46. The number of halogens is 1. The highest BCUT2D eigenvalue weighted by molar-refractivity contribution is 9.10. The lowest BCUT2D eigenvalue weighted by atomic mass is 10.0. The number of rotatable bonds is 2. The summed E-state index contributed by atoms with van der Waals surface area (Å²) in [6.45, 7) is 0. The molecule has 0 saturated carbocycles. The molecule has 0 bridgehead atoms. The molecule has 0 atom stereocenters. The maximum absolute atomic E-state index is 6.23. The third kappa shape index (κ3) is 2.86. The van der Waals surface area contributed by atoms with Crippen LogP contribution in [0, 0.1) is 0 Å². The zero-order valence-electron chi connectivity index (χ0n) is 17.6. The summed E-state index contributed by atoms with van der Waals surface area (Å²) < 4.78 is 9.58. The maximum atomic E-state index is 6.23. The van der Waals surface area contributed by atoms with Crippen LogP contribution in [0.3, 0.4) is 0 Å². The van der Waals surface area contributed by atoms with Crippen LogP contribution < -0.4 is 0 Å². The van der Waals surface area contributed by atoms with Crippen LogP contribution in [0.25, 0.3) is 60.6 Å². The first-order valence-corrected chi connectivity index (χ1v) is 11.8. The number of hydrogen-bond donors (Lipinski definition) is 0. The molecule has 2 nitrogen and oxygen atoms in total. The van der Waals surface area contributed by atoms with E-state index in [0.717, 1.165) is 32.1 Å². The van der Waals surface area contributed by atoms with Crippen molar-refractivity contribution in [3.63, 3.8) is 0 Å². The summed E-state index contributed by atoms with van der Waals surface area (Å²) in [7, 11) is 0. The molecular formula is C30H18BrNO. The summed E-state index contributed by atoms with van der Waals surface area (Å²) in [5.41, 5.74) is 7.72. The van der Waals surface area contributed by atoms with Crippen molar-refractivity contribution in [1.82, 2.24) is 4.57 Å². The first kappa shape index (κ1) is 18.7. The van der Waals surface area contributed by atoms with Crippen LogP contribution in [-0.4, -0.2) is 4.57 Å². The minimum Gasteiger partial charge on any atom is -0.456 e. The Kier molecular flexibility index (Phi) is 4.02. The smallest absolute Gasteiger partial charge is 0.137 e. The van der Waals surface area contributed by atoms with Crippen molar-refractivity contribution in [3.8, 4) is 16.8 Å². The summed E-state index contributed by atoms with van der Waals surface area (Å²) in [6, 6.07) is 38.6. The van der Waals surface area contributed by atoms with E-state index < -0.39 is 0 Å². The summed E-state index contributed by atoms with van der Waals surface area (Å²) in [4.78, 5) is 0. The van der Waals surface area contributed by atoms with Gasteiger partial charge in [0.1, 0.15) is 11.2 Å². The zero-order valence-corrected chi connectivity index (χ0v) is 19.2. The van der Waals surface area contributed by atoms with Crippen molar-refractivity contribution in [2.45, 2.75) is 0 Å². The van der Waals surface area contributed by atoms with E-state index in [0.29, 0.717) is 0 Å². The SMILES string of the molecule is Brc1ccc2c(c1)oc1cc(-n3c4ccccc4c4cc(-c5ccccc5)ccc43)ccc12. The molecule has 0 N–H and O–H groups in total. The van der Waals surface area contributed by atoms with Gasteiger partial charge >= 0.3 is 0 Å². The quantitative estimate of drug-likeness (QED) is 0.237. The number of aromatic nitrogens is 1. The van der Waals surface area contributed by atoms with Crippen LogP contribution in [0.2, 0.25) is 0 Å². The number of para-hydroxylation sites is 1. The molecule has 7 aromatic rings. The summed E-state index contributed by atoms with van der Waals surface area (Å²) in [5, 5.41) is 4.77. The number of hydrogen-bond acceptors (Lipinski definition) is 1. The zero-order chi connectivity index (χ0) is 21.9. The summed E-state index contributed by atoms with van der Waals surface area (Å²) in [6.07, 6.45) is 0. The van der Waals surface area contributed by atoms with E-state index in [9.17, 15) is 0 Å². The van der Waals surface area contributed by atoms with Gasteiger partial charge in [-0.2, -0.15) is 0 Å². The van der Waals surface area contributed by atoms with E-state index in [1.807, 2.05) is 6.07 Å². The standard InChI is InChI=1S/C30H18BrNO/c31-21-11-13-24-25-14-12-22(18-30(25)33-29(24)17-21)32-27-9-5-4-8-23(27)26-16-20(10-15-28(26)32)19-6-2-1-3-7-19/h1-18H. The monoisotopic (exact) mass is 487 g/mol. The Morgan fingerprint density at radius 2 is 1.24 bits per heavy atom. The molecule has 0 aliphatic rings. The molecule has 5 aromatic carbocycles. The molecule has 3 heteroatoms. The van der Waals surface area contributed by atoms with Crippen molar-refractivity contribution >= 4 is 59.7 Å². The number of fused-ring (bicyclic) bond motifs is 6. The van der Waals surface area contributed by atoms with Crippen LogP contribution in [0.15, 0.2) is 118 Å². The fourth-order valence-electron chi connectivity index (χ4n) is 4.94. The normalized spacial score (nSPS) is 11.8. The first-order chi connectivity index (χ1) is 16.3. The molecule has 0 spiro atoms. The van der Waals surface area contributed by atoms with Crippen molar-refractivity contribution in [2.24, 2.45) is 0 Å². The third-order valence-corrected chi connectivity index (χ3v) is 6.95. The van der Waals surface area contributed by atoms with E-state index in [-0.39, 0.29) is 0 Å². The Bertz CT molecular complexity index is 1830. The Labute approximate surface area is 198 Å². The second-order valence-electron chi connectivity index (χ2n) is 8.37. The van der Waals surface area contributed by atoms with E-state index in [1.165, 1.54) is 32.9 Å². The van der Waals surface area contributed by atoms with Crippen molar-refractivity contribution in [3.05, 3.63) is 114 Å². The van der Waals surface area contributed by atoms with E-state index in [2.05, 4.69) is 124 Å². The molecule has 0 unspecified atom stereocenters. The fraction of sp³-hybridized carbons (Fsp3) is 0. The van der Waals surface area contributed by atoms with Gasteiger partial charge in [0.25, 0.3) is 0 Å².